The Morgan fingerprint density at radius 2 is 1.86 bits per heavy atom. The molecule has 1 N–H and O–H groups in total. The minimum atomic E-state index is -3.85. The molecule has 0 atom stereocenters. The van der Waals surface area contributed by atoms with Crippen molar-refractivity contribution in [3.05, 3.63) is 69.5 Å². The van der Waals surface area contributed by atoms with Crippen LogP contribution in [0.1, 0.15) is 11.1 Å². The number of carbonyl (C=O) groups is 1. The minimum absolute atomic E-state index is 0.0744. The van der Waals surface area contributed by atoms with E-state index < -0.39 is 27.4 Å². The maximum Gasteiger partial charge on any atom is 0.271 e. The van der Waals surface area contributed by atoms with E-state index in [0.29, 0.717) is 12.0 Å². The molecule has 0 aliphatic carbocycles. The van der Waals surface area contributed by atoms with Crippen molar-refractivity contribution >= 4 is 27.3 Å². The van der Waals surface area contributed by atoms with Crippen molar-refractivity contribution in [3.8, 4) is 0 Å². The molecule has 0 spiro atoms. The Bertz CT molecular complexity index is 977. The lowest BCUT2D eigenvalue weighted by Crippen LogP contribution is -2.41. The summed E-state index contributed by atoms with van der Waals surface area (Å²) in [7, 11) is -3.85. The van der Waals surface area contributed by atoms with Crippen LogP contribution in [0.4, 0.5) is 15.8 Å². The molecule has 10 heteroatoms. The number of rotatable bonds is 8. The van der Waals surface area contributed by atoms with Crippen LogP contribution in [0.15, 0.2) is 42.5 Å². The number of hydrogen-bond donors (Lipinski definition) is 1. The molecule has 2 aromatic carbocycles. The van der Waals surface area contributed by atoms with E-state index in [1.165, 1.54) is 24.3 Å². The Kier molecular flexibility index (Phi) is 6.68. The first-order valence-electron chi connectivity index (χ1n) is 8.32. The van der Waals surface area contributed by atoms with Crippen LogP contribution in [-0.2, 0) is 21.2 Å². The second-order valence-corrected chi connectivity index (χ2v) is 8.13. The maximum atomic E-state index is 12.9. The summed E-state index contributed by atoms with van der Waals surface area (Å²) in [5, 5.41) is 13.6. The molecule has 2 rings (SSSR count). The zero-order valence-electron chi connectivity index (χ0n) is 15.4. The summed E-state index contributed by atoms with van der Waals surface area (Å²) in [5.74, 6) is -0.914. The minimum Gasteiger partial charge on any atom is -0.354 e. The fourth-order valence-electron chi connectivity index (χ4n) is 2.54. The largest absolute Gasteiger partial charge is 0.354 e. The van der Waals surface area contributed by atoms with Gasteiger partial charge in [-0.05, 0) is 36.6 Å². The molecule has 0 aromatic heterocycles. The Labute approximate surface area is 162 Å². The summed E-state index contributed by atoms with van der Waals surface area (Å²) in [6, 6.07) is 9.64. The van der Waals surface area contributed by atoms with Crippen molar-refractivity contribution in [2.24, 2.45) is 0 Å². The molecule has 0 bridgehead atoms. The van der Waals surface area contributed by atoms with Gasteiger partial charge in [-0.25, -0.2) is 12.8 Å². The van der Waals surface area contributed by atoms with E-state index in [4.69, 9.17) is 0 Å². The molecule has 0 saturated heterocycles. The van der Waals surface area contributed by atoms with Crippen molar-refractivity contribution in [2.75, 3.05) is 23.7 Å². The standard InChI is InChI=1S/C18H20FN3O5S/c1-13-3-8-16(22(24)25)11-17(13)21(28(2,26)27)12-18(23)20-10-9-14-4-6-15(19)7-5-14/h3-8,11H,9-10,12H2,1-2H3,(H,20,23). The van der Waals surface area contributed by atoms with Crippen LogP contribution in [0, 0.1) is 22.9 Å². The maximum absolute atomic E-state index is 12.9. The van der Waals surface area contributed by atoms with Gasteiger partial charge in [0.05, 0.1) is 16.9 Å². The summed E-state index contributed by atoms with van der Waals surface area (Å²) in [6.45, 7) is 1.32. The van der Waals surface area contributed by atoms with Gasteiger partial charge in [0.2, 0.25) is 15.9 Å². The Hall–Kier alpha value is -3.01. The number of benzene rings is 2. The molecule has 0 aliphatic heterocycles. The van der Waals surface area contributed by atoms with E-state index in [2.05, 4.69) is 5.32 Å². The first-order chi connectivity index (χ1) is 13.1. The molecule has 0 unspecified atom stereocenters. The van der Waals surface area contributed by atoms with Crippen molar-refractivity contribution in [1.82, 2.24) is 5.32 Å². The highest BCUT2D eigenvalue weighted by atomic mass is 32.2. The van der Waals surface area contributed by atoms with Gasteiger partial charge in [-0.15, -0.1) is 0 Å². The number of nitrogens with zero attached hydrogens (tertiary/aromatic N) is 2. The second kappa shape index (κ2) is 8.79. The number of hydrogen-bond acceptors (Lipinski definition) is 5. The SMILES string of the molecule is Cc1ccc([N+](=O)[O-])cc1N(CC(=O)NCCc1ccc(F)cc1)S(C)(=O)=O. The van der Waals surface area contributed by atoms with E-state index in [0.717, 1.165) is 22.2 Å². The molecular weight excluding hydrogens is 389 g/mol. The average Bonchev–Trinajstić information content (AvgIpc) is 2.61. The van der Waals surface area contributed by atoms with Gasteiger partial charge in [0.1, 0.15) is 12.4 Å². The van der Waals surface area contributed by atoms with E-state index in [9.17, 15) is 27.7 Å². The average molecular weight is 409 g/mol. The third-order valence-corrected chi connectivity index (χ3v) is 5.14. The quantitative estimate of drug-likeness (QED) is 0.531. The lowest BCUT2D eigenvalue weighted by atomic mass is 10.1. The van der Waals surface area contributed by atoms with Crippen LogP contribution in [0.2, 0.25) is 0 Å². The molecule has 28 heavy (non-hydrogen) atoms. The zero-order valence-corrected chi connectivity index (χ0v) is 16.2. The molecule has 2 aromatic rings. The van der Waals surface area contributed by atoms with Crippen LogP contribution in [0.3, 0.4) is 0 Å². The van der Waals surface area contributed by atoms with Gasteiger partial charge in [0.25, 0.3) is 5.69 Å². The first kappa shape index (κ1) is 21.3. The molecule has 0 heterocycles. The van der Waals surface area contributed by atoms with Crippen molar-refractivity contribution in [1.29, 1.82) is 0 Å². The lowest BCUT2D eigenvalue weighted by molar-refractivity contribution is -0.384. The van der Waals surface area contributed by atoms with Gasteiger partial charge in [0, 0.05) is 18.7 Å². The van der Waals surface area contributed by atoms with Crippen molar-refractivity contribution < 1.29 is 22.5 Å². The van der Waals surface area contributed by atoms with E-state index in [-0.39, 0.29) is 23.7 Å². The third-order valence-electron chi connectivity index (χ3n) is 4.01. The Morgan fingerprint density at radius 1 is 1.21 bits per heavy atom. The predicted molar refractivity (Wildman–Crippen MR) is 103 cm³/mol. The topological polar surface area (TPSA) is 110 Å². The highest BCUT2D eigenvalue weighted by Gasteiger charge is 2.24. The molecule has 150 valence electrons. The number of halogens is 1. The van der Waals surface area contributed by atoms with Crippen LogP contribution < -0.4 is 9.62 Å². The molecule has 0 radical (unpaired) electrons. The van der Waals surface area contributed by atoms with Gasteiger partial charge in [-0.2, -0.15) is 0 Å². The summed E-state index contributed by atoms with van der Waals surface area (Å²) in [4.78, 5) is 22.6. The second-order valence-electron chi connectivity index (χ2n) is 6.22. The van der Waals surface area contributed by atoms with Crippen molar-refractivity contribution in [2.45, 2.75) is 13.3 Å². The number of amides is 1. The number of sulfonamides is 1. The van der Waals surface area contributed by atoms with Gasteiger partial charge in [0.15, 0.2) is 0 Å². The van der Waals surface area contributed by atoms with Crippen LogP contribution in [0.25, 0.3) is 0 Å². The van der Waals surface area contributed by atoms with Gasteiger partial charge in [-0.1, -0.05) is 18.2 Å². The lowest BCUT2D eigenvalue weighted by Gasteiger charge is -2.23. The van der Waals surface area contributed by atoms with E-state index >= 15 is 0 Å². The highest BCUT2D eigenvalue weighted by molar-refractivity contribution is 7.92. The molecule has 0 saturated carbocycles. The summed E-state index contributed by atoms with van der Waals surface area (Å²) < 4.78 is 38.1. The fourth-order valence-corrected chi connectivity index (χ4v) is 3.45. The Morgan fingerprint density at radius 3 is 2.43 bits per heavy atom. The van der Waals surface area contributed by atoms with Crippen molar-refractivity contribution in [3.63, 3.8) is 0 Å². The van der Waals surface area contributed by atoms with E-state index in [1.807, 2.05) is 0 Å². The molecular formula is C18H20FN3O5S. The fraction of sp³-hybridized carbons (Fsp3) is 0.278. The number of carbonyl (C=O) groups excluding carboxylic acids is 1. The third kappa shape index (κ3) is 5.74. The molecule has 0 aliphatic rings. The zero-order chi connectivity index (χ0) is 20.9. The number of nitro groups is 1. The van der Waals surface area contributed by atoms with Crippen LogP contribution in [-0.4, -0.2) is 38.6 Å². The van der Waals surface area contributed by atoms with Gasteiger partial charge >= 0.3 is 0 Å². The smallest absolute Gasteiger partial charge is 0.271 e. The number of nitrogens with one attached hydrogen (secondary N) is 1. The summed E-state index contributed by atoms with van der Waals surface area (Å²) in [6.07, 6.45) is 1.37. The molecule has 0 fully saturated rings. The molecule has 8 nitrogen and oxygen atoms in total. The Balaban J connectivity index is 2.10. The highest BCUT2D eigenvalue weighted by Crippen LogP contribution is 2.27. The number of aryl methyl sites for hydroxylation is 1. The first-order valence-corrected chi connectivity index (χ1v) is 10.2. The number of anilines is 1. The normalized spacial score (nSPS) is 11.1. The predicted octanol–water partition coefficient (Wildman–Crippen LogP) is 2.17. The summed E-state index contributed by atoms with van der Waals surface area (Å²) >= 11 is 0. The van der Waals surface area contributed by atoms with E-state index in [1.54, 1.807) is 19.1 Å². The monoisotopic (exact) mass is 409 g/mol. The summed E-state index contributed by atoms with van der Waals surface area (Å²) in [5.41, 5.74) is 1.10. The van der Waals surface area contributed by atoms with Crippen LogP contribution in [0.5, 0.6) is 0 Å². The van der Waals surface area contributed by atoms with Crippen LogP contribution >= 0.6 is 0 Å². The van der Waals surface area contributed by atoms with Gasteiger partial charge in [-0.3, -0.25) is 19.2 Å². The molecule has 1 amide bonds. The number of non-ortho nitro benzene ring substituents is 1. The number of nitro benzene ring substituents is 1. The van der Waals surface area contributed by atoms with Gasteiger partial charge < -0.3 is 5.32 Å².